The highest BCUT2D eigenvalue weighted by molar-refractivity contribution is 7.20. The first-order chi connectivity index (χ1) is 15.8. The quantitative estimate of drug-likeness (QED) is 0.230. The molecule has 2 aromatic heterocycles. The van der Waals surface area contributed by atoms with E-state index in [1.54, 1.807) is 30.5 Å². The molecule has 0 saturated heterocycles. The van der Waals surface area contributed by atoms with Gasteiger partial charge >= 0.3 is 0 Å². The number of rotatable bonds is 6. The summed E-state index contributed by atoms with van der Waals surface area (Å²) >= 11 is 7.31. The molecule has 0 aliphatic heterocycles. The summed E-state index contributed by atoms with van der Waals surface area (Å²) in [6, 6.07) is 18.8. The van der Waals surface area contributed by atoms with E-state index in [2.05, 4.69) is 53.7 Å². The number of hydrogen-bond donors (Lipinski definition) is 2. The van der Waals surface area contributed by atoms with Crippen molar-refractivity contribution >= 4 is 45.2 Å². The number of furan rings is 1. The van der Waals surface area contributed by atoms with Crippen LogP contribution in [0.1, 0.15) is 42.5 Å². The van der Waals surface area contributed by atoms with Crippen LogP contribution in [-0.2, 0) is 5.41 Å². The molecule has 168 valence electrons. The van der Waals surface area contributed by atoms with Crippen molar-refractivity contribution in [2.45, 2.75) is 26.2 Å². The van der Waals surface area contributed by atoms with Crippen LogP contribution in [-0.4, -0.2) is 17.1 Å². The van der Waals surface area contributed by atoms with Gasteiger partial charge in [-0.25, -0.2) is 4.98 Å². The van der Waals surface area contributed by atoms with Gasteiger partial charge in [0.1, 0.15) is 10.7 Å². The molecule has 1 amide bonds. The first-order valence-electron chi connectivity index (χ1n) is 10.3. The third-order valence-electron chi connectivity index (χ3n) is 4.87. The van der Waals surface area contributed by atoms with E-state index in [9.17, 15) is 4.79 Å². The summed E-state index contributed by atoms with van der Waals surface area (Å²) < 4.78 is 5.19. The molecule has 0 aliphatic carbocycles. The molecule has 0 unspecified atom stereocenters. The number of carbonyl (C=O) groups is 1. The molecule has 0 spiro atoms. The van der Waals surface area contributed by atoms with Crippen LogP contribution in [0.2, 0.25) is 5.02 Å². The minimum absolute atomic E-state index is 0.101. The van der Waals surface area contributed by atoms with Gasteiger partial charge in [-0.3, -0.25) is 10.2 Å². The number of carbonyl (C=O) groups excluding carboxylic acids is 1. The Bertz CT molecular complexity index is 1260. The fourth-order valence-corrected chi connectivity index (χ4v) is 4.02. The molecule has 0 radical (unpaired) electrons. The van der Waals surface area contributed by atoms with Gasteiger partial charge in [0.15, 0.2) is 5.76 Å². The van der Waals surface area contributed by atoms with E-state index in [1.165, 1.54) is 23.2 Å². The van der Waals surface area contributed by atoms with Gasteiger partial charge < -0.3 is 9.73 Å². The Morgan fingerprint density at radius 3 is 2.45 bits per heavy atom. The van der Waals surface area contributed by atoms with E-state index >= 15 is 0 Å². The first kappa shape index (κ1) is 22.8. The fraction of sp³-hybridized carbons (Fsp3) is 0.160. The van der Waals surface area contributed by atoms with Crippen LogP contribution < -0.4 is 10.7 Å². The Balaban J connectivity index is 1.54. The SMILES string of the molecule is CC(C)(C)c1ccc(/C=N/Nc2nc(-c3ccc(Cl)cc3)c(NC(=O)c3ccco3)s2)cc1. The normalized spacial score (nSPS) is 11.6. The highest BCUT2D eigenvalue weighted by Gasteiger charge is 2.18. The zero-order valence-corrected chi connectivity index (χ0v) is 20.0. The van der Waals surface area contributed by atoms with Crippen molar-refractivity contribution in [3.8, 4) is 11.3 Å². The summed E-state index contributed by atoms with van der Waals surface area (Å²) in [5, 5.41) is 8.92. The third kappa shape index (κ3) is 5.69. The van der Waals surface area contributed by atoms with Crippen molar-refractivity contribution in [1.82, 2.24) is 4.98 Å². The van der Waals surface area contributed by atoms with Crippen LogP contribution in [0.15, 0.2) is 76.4 Å². The monoisotopic (exact) mass is 478 g/mol. The van der Waals surface area contributed by atoms with Crippen molar-refractivity contribution in [2.75, 3.05) is 10.7 Å². The molecule has 0 aliphatic rings. The Kier molecular flexibility index (Phi) is 6.62. The maximum absolute atomic E-state index is 12.5. The van der Waals surface area contributed by atoms with Crippen LogP contribution >= 0.6 is 22.9 Å². The second-order valence-electron chi connectivity index (χ2n) is 8.38. The molecule has 0 bridgehead atoms. The predicted octanol–water partition coefficient (Wildman–Crippen LogP) is 7.05. The molecule has 8 heteroatoms. The van der Waals surface area contributed by atoms with Crippen LogP contribution in [0.4, 0.5) is 10.1 Å². The van der Waals surface area contributed by atoms with Gasteiger partial charge in [0.05, 0.1) is 12.5 Å². The number of amides is 1. The standard InChI is InChI=1S/C25H23ClN4O2S/c1-25(2,3)18-10-6-16(7-11-18)15-27-30-24-28-21(17-8-12-19(26)13-9-17)23(33-24)29-22(31)20-5-4-14-32-20/h4-15H,1-3H3,(H,28,30)(H,29,31)/b27-15+. The van der Waals surface area contributed by atoms with Gasteiger partial charge in [-0.1, -0.05) is 80.1 Å². The number of nitrogens with one attached hydrogen (secondary N) is 2. The molecular weight excluding hydrogens is 456 g/mol. The number of halogens is 1. The van der Waals surface area contributed by atoms with Crippen molar-refractivity contribution in [2.24, 2.45) is 5.10 Å². The van der Waals surface area contributed by atoms with E-state index in [0.717, 1.165) is 11.1 Å². The van der Waals surface area contributed by atoms with Gasteiger partial charge in [-0.05, 0) is 40.8 Å². The Hall–Kier alpha value is -3.42. The molecule has 4 aromatic rings. The van der Waals surface area contributed by atoms with Gasteiger partial charge in [-0.15, -0.1) is 0 Å². The van der Waals surface area contributed by atoms with E-state index in [-0.39, 0.29) is 17.1 Å². The molecular formula is C25H23ClN4O2S. The lowest BCUT2D eigenvalue weighted by Crippen LogP contribution is -2.10. The van der Waals surface area contributed by atoms with Gasteiger partial charge in [-0.2, -0.15) is 5.10 Å². The predicted molar refractivity (Wildman–Crippen MR) is 136 cm³/mol. The summed E-state index contributed by atoms with van der Waals surface area (Å²) in [4.78, 5) is 17.1. The Labute approximate surface area is 201 Å². The van der Waals surface area contributed by atoms with Crippen LogP contribution in [0, 0.1) is 0 Å². The third-order valence-corrected chi connectivity index (χ3v) is 5.99. The number of hydrogen-bond acceptors (Lipinski definition) is 6. The highest BCUT2D eigenvalue weighted by Crippen LogP contribution is 2.36. The van der Waals surface area contributed by atoms with Gasteiger partial charge in [0.2, 0.25) is 5.13 Å². The summed E-state index contributed by atoms with van der Waals surface area (Å²) in [6.45, 7) is 6.54. The number of thiazole rings is 1. The first-order valence-corrected chi connectivity index (χ1v) is 11.5. The van der Waals surface area contributed by atoms with E-state index in [0.29, 0.717) is 20.8 Å². The Morgan fingerprint density at radius 1 is 1.09 bits per heavy atom. The van der Waals surface area contributed by atoms with E-state index in [1.807, 2.05) is 24.3 Å². The minimum Gasteiger partial charge on any atom is -0.459 e. The molecule has 0 saturated carbocycles. The van der Waals surface area contributed by atoms with Gasteiger partial charge in [0.25, 0.3) is 5.91 Å². The molecule has 0 fully saturated rings. The van der Waals surface area contributed by atoms with E-state index < -0.39 is 0 Å². The molecule has 2 aromatic carbocycles. The molecule has 6 nitrogen and oxygen atoms in total. The van der Waals surface area contributed by atoms with Gasteiger partial charge in [0, 0.05) is 10.6 Å². The summed E-state index contributed by atoms with van der Waals surface area (Å²) in [5.41, 5.74) is 6.73. The largest absolute Gasteiger partial charge is 0.459 e. The number of benzene rings is 2. The number of nitrogens with zero attached hydrogens (tertiary/aromatic N) is 2. The van der Waals surface area contributed by atoms with Crippen molar-refractivity contribution in [1.29, 1.82) is 0 Å². The summed E-state index contributed by atoms with van der Waals surface area (Å²) in [7, 11) is 0. The van der Waals surface area contributed by atoms with Crippen molar-refractivity contribution in [3.63, 3.8) is 0 Å². The average molecular weight is 479 g/mol. The lowest BCUT2D eigenvalue weighted by Gasteiger charge is -2.18. The van der Waals surface area contributed by atoms with Crippen molar-refractivity contribution < 1.29 is 9.21 Å². The minimum atomic E-state index is -0.354. The molecule has 0 atom stereocenters. The maximum Gasteiger partial charge on any atom is 0.292 e. The van der Waals surface area contributed by atoms with Crippen LogP contribution in [0.3, 0.4) is 0 Å². The zero-order chi connectivity index (χ0) is 23.4. The lowest BCUT2D eigenvalue weighted by molar-refractivity contribution is 0.0997. The molecule has 2 heterocycles. The second-order valence-corrected chi connectivity index (χ2v) is 9.81. The van der Waals surface area contributed by atoms with Crippen LogP contribution in [0.5, 0.6) is 0 Å². The maximum atomic E-state index is 12.5. The molecule has 33 heavy (non-hydrogen) atoms. The summed E-state index contributed by atoms with van der Waals surface area (Å²) in [5.74, 6) is -0.135. The summed E-state index contributed by atoms with van der Waals surface area (Å²) in [6.07, 6.45) is 3.19. The molecule has 4 rings (SSSR count). The van der Waals surface area contributed by atoms with E-state index in [4.69, 9.17) is 16.0 Å². The lowest BCUT2D eigenvalue weighted by atomic mass is 9.87. The highest BCUT2D eigenvalue weighted by atomic mass is 35.5. The van der Waals surface area contributed by atoms with Crippen LogP contribution in [0.25, 0.3) is 11.3 Å². The topological polar surface area (TPSA) is 79.5 Å². The average Bonchev–Trinajstić information content (AvgIpc) is 3.45. The smallest absolute Gasteiger partial charge is 0.292 e. The Morgan fingerprint density at radius 2 is 1.82 bits per heavy atom. The number of hydrazone groups is 1. The zero-order valence-electron chi connectivity index (χ0n) is 18.4. The second kappa shape index (κ2) is 9.60. The fourth-order valence-electron chi connectivity index (χ4n) is 3.06. The molecule has 2 N–H and O–H groups in total. The van der Waals surface area contributed by atoms with Crippen molar-refractivity contribution in [3.05, 3.63) is 88.8 Å². The number of aromatic nitrogens is 1. The number of anilines is 2.